The average molecular weight is 168 g/mol. The molecule has 0 aromatic carbocycles. The molecule has 1 aromatic heterocycles. The number of nitrogens with zero attached hydrogens (tertiary/aromatic N) is 2. The maximum atomic E-state index is 5.28. The first-order chi connectivity index (χ1) is 5.90. The van der Waals surface area contributed by atoms with Crippen molar-refractivity contribution in [1.82, 2.24) is 15.2 Å². The lowest BCUT2D eigenvalue weighted by Crippen LogP contribution is -2.18. The van der Waals surface area contributed by atoms with Crippen LogP contribution in [0.5, 0.6) is 0 Å². The maximum absolute atomic E-state index is 5.28. The first kappa shape index (κ1) is 7.57. The van der Waals surface area contributed by atoms with Gasteiger partial charge in [-0.1, -0.05) is 0 Å². The number of aromatic nitrogens is 2. The predicted molar refractivity (Wildman–Crippen MR) is 44.6 cm³/mol. The van der Waals surface area contributed by atoms with Gasteiger partial charge in [-0.2, -0.15) is 5.10 Å². The van der Waals surface area contributed by atoms with Gasteiger partial charge in [0.15, 0.2) is 5.82 Å². The molecule has 66 valence electrons. The fraction of sp³-hybridized carbons (Fsp3) is 0.571. The number of nitrogens with one attached hydrogen (secondary N) is 2. The quantitative estimate of drug-likeness (QED) is 0.608. The molecule has 1 aliphatic heterocycles. The van der Waals surface area contributed by atoms with Crippen molar-refractivity contribution in [3.8, 4) is 0 Å². The van der Waals surface area contributed by atoms with Crippen LogP contribution in [0.2, 0.25) is 0 Å². The SMILES string of the molecule is CNNc1cc2n(n1)CCOC2. The summed E-state index contributed by atoms with van der Waals surface area (Å²) in [4.78, 5) is 0. The van der Waals surface area contributed by atoms with E-state index in [1.165, 1.54) is 0 Å². The Balaban J connectivity index is 2.20. The van der Waals surface area contributed by atoms with Crippen molar-refractivity contribution >= 4 is 5.82 Å². The summed E-state index contributed by atoms with van der Waals surface area (Å²) < 4.78 is 7.24. The highest BCUT2D eigenvalue weighted by atomic mass is 16.5. The van der Waals surface area contributed by atoms with Gasteiger partial charge in [-0.3, -0.25) is 4.68 Å². The monoisotopic (exact) mass is 168 g/mol. The molecule has 0 spiro atoms. The third kappa shape index (κ3) is 1.28. The molecule has 0 radical (unpaired) electrons. The van der Waals surface area contributed by atoms with E-state index in [4.69, 9.17) is 4.74 Å². The molecule has 0 amide bonds. The van der Waals surface area contributed by atoms with Gasteiger partial charge in [0.2, 0.25) is 0 Å². The van der Waals surface area contributed by atoms with Crippen molar-refractivity contribution in [2.24, 2.45) is 0 Å². The zero-order valence-corrected chi connectivity index (χ0v) is 7.00. The van der Waals surface area contributed by atoms with Crippen molar-refractivity contribution in [1.29, 1.82) is 0 Å². The van der Waals surface area contributed by atoms with Crippen LogP contribution in [0.25, 0.3) is 0 Å². The minimum Gasteiger partial charge on any atom is -0.373 e. The van der Waals surface area contributed by atoms with Gasteiger partial charge in [0.1, 0.15) is 0 Å². The van der Waals surface area contributed by atoms with E-state index >= 15 is 0 Å². The fourth-order valence-corrected chi connectivity index (χ4v) is 1.28. The molecule has 2 heterocycles. The minimum absolute atomic E-state index is 0.665. The molecular weight excluding hydrogens is 156 g/mol. The van der Waals surface area contributed by atoms with Gasteiger partial charge in [0, 0.05) is 13.1 Å². The van der Waals surface area contributed by atoms with E-state index in [9.17, 15) is 0 Å². The smallest absolute Gasteiger partial charge is 0.162 e. The molecule has 5 heteroatoms. The van der Waals surface area contributed by atoms with Crippen molar-refractivity contribution in [3.63, 3.8) is 0 Å². The van der Waals surface area contributed by atoms with E-state index < -0.39 is 0 Å². The average Bonchev–Trinajstić information content (AvgIpc) is 2.47. The van der Waals surface area contributed by atoms with Crippen LogP contribution in [-0.4, -0.2) is 23.4 Å². The Morgan fingerprint density at radius 1 is 1.67 bits per heavy atom. The fourth-order valence-electron chi connectivity index (χ4n) is 1.28. The summed E-state index contributed by atoms with van der Waals surface area (Å²) in [5.41, 5.74) is 6.88. The van der Waals surface area contributed by atoms with Crippen LogP contribution in [-0.2, 0) is 17.9 Å². The second kappa shape index (κ2) is 3.12. The van der Waals surface area contributed by atoms with Crippen molar-refractivity contribution < 1.29 is 4.74 Å². The van der Waals surface area contributed by atoms with Gasteiger partial charge in [-0.25, -0.2) is 5.43 Å². The Labute approximate surface area is 70.7 Å². The van der Waals surface area contributed by atoms with Crippen LogP contribution in [0.1, 0.15) is 5.69 Å². The number of hydrazine groups is 1. The Morgan fingerprint density at radius 2 is 2.58 bits per heavy atom. The van der Waals surface area contributed by atoms with Gasteiger partial charge in [-0.05, 0) is 0 Å². The van der Waals surface area contributed by atoms with Crippen LogP contribution >= 0.6 is 0 Å². The molecule has 0 unspecified atom stereocenters. The van der Waals surface area contributed by atoms with E-state index in [0.717, 1.165) is 24.7 Å². The lowest BCUT2D eigenvalue weighted by atomic mass is 10.4. The number of fused-ring (bicyclic) bond motifs is 1. The normalized spacial score (nSPS) is 15.8. The lowest BCUT2D eigenvalue weighted by molar-refractivity contribution is 0.0801. The number of hydrogen-bond acceptors (Lipinski definition) is 4. The molecule has 0 fully saturated rings. The topological polar surface area (TPSA) is 51.1 Å². The molecule has 0 aliphatic carbocycles. The first-order valence-corrected chi connectivity index (χ1v) is 3.97. The maximum Gasteiger partial charge on any atom is 0.162 e. The molecule has 1 aromatic rings. The van der Waals surface area contributed by atoms with E-state index in [1.807, 2.05) is 17.8 Å². The summed E-state index contributed by atoms with van der Waals surface area (Å²) >= 11 is 0. The second-order valence-electron chi connectivity index (χ2n) is 2.67. The zero-order chi connectivity index (χ0) is 8.39. The summed E-state index contributed by atoms with van der Waals surface area (Å²) in [5, 5.41) is 4.30. The van der Waals surface area contributed by atoms with Crippen LogP contribution in [0.15, 0.2) is 6.07 Å². The Hall–Kier alpha value is -1.07. The highest BCUT2D eigenvalue weighted by molar-refractivity contribution is 5.34. The van der Waals surface area contributed by atoms with Crippen molar-refractivity contribution in [3.05, 3.63) is 11.8 Å². The van der Waals surface area contributed by atoms with Gasteiger partial charge in [0.05, 0.1) is 25.5 Å². The van der Waals surface area contributed by atoms with Crippen LogP contribution < -0.4 is 10.9 Å². The van der Waals surface area contributed by atoms with E-state index in [-0.39, 0.29) is 0 Å². The summed E-state index contributed by atoms with van der Waals surface area (Å²) in [6.45, 7) is 2.27. The summed E-state index contributed by atoms with van der Waals surface area (Å²) in [6.07, 6.45) is 0. The standard InChI is InChI=1S/C7H12N4O/c1-8-9-7-4-6-5-12-3-2-11(6)10-7/h4,8H,2-3,5H2,1H3,(H,9,10). The number of rotatable bonds is 2. The molecule has 0 atom stereocenters. The minimum atomic E-state index is 0.665. The Morgan fingerprint density at radius 3 is 3.33 bits per heavy atom. The van der Waals surface area contributed by atoms with Crippen LogP contribution in [0.3, 0.4) is 0 Å². The first-order valence-electron chi connectivity index (χ1n) is 3.97. The molecule has 0 bridgehead atoms. The summed E-state index contributed by atoms with van der Waals surface area (Å²) in [7, 11) is 1.81. The highest BCUT2D eigenvalue weighted by Crippen LogP contribution is 2.12. The van der Waals surface area contributed by atoms with Gasteiger partial charge in [0.25, 0.3) is 0 Å². The molecule has 2 rings (SSSR count). The molecule has 5 nitrogen and oxygen atoms in total. The Bertz CT molecular complexity index is 247. The predicted octanol–water partition coefficient (Wildman–Crippen LogP) is -0.0404. The summed E-state index contributed by atoms with van der Waals surface area (Å²) in [6, 6.07) is 1.98. The molecular formula is C7H12N4O. The van der Waals surface area contributed by atoms with Crippen LogP contribution in [0, 0.1) is 0 Å². The molecule has 1 aliphatic rings. The highest BCUT2D eigenvalue weighted by Gasteiger charge is 2.11. The molecule has 2 N–H and O–H groups in total. The lowest BCUT2D eigenvalue weighted by Gasteiger charge is -2.12. The van der Waals surface area contributed by atoms with Gasteiger partial charge in [-0.15, -0.1) is 0 Å². The van der Waals surface area contributed by atoms with Gasteiger partial charge >= 0.3 is 0 Å². The number of hydrogen-bond donors (Lipinski definition) is 2. The third-order valence-electron chi connectivity index (χ3n) is 1.81. The number of ether oxygens (including phenoxy) is 1. The van der Waals surface area contributed by atoms with E-state index in [0.29, 0.717) is 6.61 Å². The van der Waals surface area contributed by atoms with Crippen molar-refractivity contribution in [2.75, 3.05) is 19.1 Å². The van der Waals surface area contributed by atoms with E-state index in [1.54, 1.807) is 0 Å². The molecule has 0 saturated heterocycles. The number of anilines is 1. The van der Waals surface area contributed by atoms with Gasteiger partial charge < -0.3 is 10.2 Å². The molecule has 0 saturated carbocycles. The van der Waals surface area contributed by atoms with Crippen molar-refractivity contribution in [2.45, 2.75) is 13.2 Å². The zero-order valence-electron chi connectivity index (χ0n) is 7.00. The summed E-state index contributed by atoms with van der Waals surface area (Å²) in [5.74, 6) is 0.845. The van der Waals surface area contributed by atoms with Crippen LogP contribution in [0.4, 0.5) is 5.82 Å². The Kier molecular flexibility index (Phi) is 1.97. The van der Waals surface area contributed by atoms with E-state index in [2.05, 4.69) is 16.0 Å². The molecule has 12 heavy (non-hydrogen) atoms. The second-order valence-corrected chi connectivity index (χ2v) is 2.67. The third-order valence-corrected chi connectivity index (χ3v) is 1.81. The largest absolute Gasteiger partial charge is 0.373 e.